The summed E-state index contributed by atoms with van der Waals surface area (Å²) in [5.74, 6) is 0.575. The van der Waals surface area contributed by atoms with E-state index in [1.54, 1.807) is 28.9 Å². The van der Waals surface area contributed by atoms with Gasteiger partial charge in [0.05, 0.1) is 12.5 Å². The van der Waals surface area contributed by atoms with Gasteiger partial charge >= 0.3 is 5.97 Å². The Balaban J connectivity index is 1.89. The summed E-state index contributed by atoms with van der Waals surface area (Å²) >= 11 is 1.65. The molecule has 8 nitrogen and oxygen atoms in total. The van der Waals surface area contributed by atoms with Gasteiger partial charge in [0.15, 0.2) is 0 Å². The van der Waals surface area contributed by atoms with Gasteiger partial charge in [-0.05, 0) is 13.0 Å². The molecule has 0 radical (unpaired) electrons. The summed E-state index contributed by atoms with van der Waals surface area (Å²) in [6.45, 7) is 2.35. The molecule has 9 heteroatoms. The van der Waals surface area contributed by atoms with Gasteiger partial charge in [0.1, 0.15) is 0 Å². The number of aryl methyl sites for hydroxylation is 1. The van der Waals surface area contributed by atoms with Crippen molar-refractivity contribution in [1.29, 1.82) is 0 Å². The van der Waals surface area contributed by atoms with Crippen molar-refractivity contribution >= 4 is 29.4 Å². The van der Waals surface area contributed by atoms with E-state index in [1.807, 2.05) is 6.92 Å². The third kappa shape index (κ3) is 2.76. The van der Waals surface area contributed by atoms with E-state index >= 15 is 0 Å². The highest BCUT2D eigenvalue weighted by molar-refractivity contribution is 7.99. The molecular weight excluding hydrogens is 306 g/mol. The lowest BCUT2D eigenvalue weighted by molar-refractivity contribution is -0.138. The molecule has 2 aromatic rings. The number of hydrogen-bond donors (Lipinski definition) is 1. The molecule has 1 aliphatic rings. The normalized spacial score (nSPS) is 18.6. The van der Waals surface area contributed by atoms with Gasteiger partial charge < -0.3 is 10.0 Å². The number of fused-ring (bicyclic) bond motifs is 1. The number of thioether (sulfide) groups is 1. The summed E-state index contributed by atoms with van der Waals surface area (Å²) in [5, 5.41) is 13.2. The van der Waals surface area contributed by atoms with Crippen LogP contribution >= 0.6 is 11.8 Å². The van der Waals surface area contributed by atoms with Crippen molar-refractivity contribution in [3.63, 3.8) is 0 Å². The zero-order valence-corrected chi connectivity index (χ0v) is 12.8. The SMILES string of the molecule is Cc1ccnc2nc(C(=O)N3CCSCC3CC(=O)O)nn12. The first-order valence-electron chi connectivity index (χ1n) is 6.85. The standard InChI is InChI=1S/C13H15N5O3S/c1-8-2-3-14-13-15-11(16-18(8)13)12(21)17-4-5-22-7-9(17)6-10(19)20/h2-3,9H,4-7H2,1H3,(H,19,20). The molecule has 116 valence electrons. The van der Waals surface area contributed by atoms with Gasteiger partial charge in [0.25, 0.3) is 11.7 Å². The van der Waals surface area contributed by atoms with Crippen LogP contribution in [0.4, 0.5) is 0 Å². The maximum Gasteiger partial charge on any atom is 0.305 e. The van der Waals surface area contributed by atoms with E-state index in [1.165, 1.54) is 4.52 Å². The molecular formula is C13H15N5O3S. The van der Waals surface area contributed by atoms with Crippen LogP contribution in [0.2, 0.25) is 0 Å². The molecule has 0 saturated carbocycles. The minimum atomic E-state index is -0.911. The van der Waals surface area contributed by atoms with E-state index in [9.17, 15) is 9.59 Å². The quantitative estimate of drug-likeness (QED) is 0.876. The lowest BCUT2D eigenvalue weighted by Gasteiger charge is -2.33. The van der Waals surface area contributed by atoms with Gasteiger partial charge in [-0.3, -0.25) is 9.59 Å². The molecule has 3 rings (SSSR count). The van der Waals surface area contributed by atoms with Gasteiger partial charge in [-0.2, -0.15) is 16.7 Å². The number of carboxylic acid groups (broad SMARTS) is 1. The summed E-state index contributed by atoms with van der Waals surface area (Å²) in [7, 11) is 0. The Kier molecular flexibility index (Phi) is 3.97. The molecule has 1 saturated heterocycles. The third-order valence-corrected chi connectivity index (χ3v) is 4.61. The average Bonchev–Trinajstić information content (AvgIpc) is 2.92. The predicted molar refractivity (Wildman–Crippen MR) is 79.9 cm³/mol. The van der Waals surface area contributed by atoms with Gasteiger partial charge in [0.2, 0.25) is 5.82 Å². The molecule has 1 fully saturated rings. The van der Waals surface area contributed by atoms with Crippen LogP contribution in [0, 0.1) is 6.92 Å². The number of aromatic nitrogens is 4. The number of carbonyl (C=O) groups excluding carboxylic acids is 1. The minimum absolute atomic E-state index is 0.0593. The van der Waals surface area contributed by atoms with Crippen LogP contribution in [0.25, 0.3) is 5.78 Å². The number of amides is 1. The molecule has 3 heterocycles. The Morgan fingerprint density at radius 2 is 2.32 bits per heavy atom. The molecule has 0 aromatic carbocycles. The zero-order valence-electron chi connectivity index (χ0n) is 12.0. The molecule has 1 unspecified atom stereocenters. The fraction of sp³-hybridized carbons (Fsp3) is 0.462. The first-order valence-corrected chi connectivity index (χ1v) is 8.00. The Labute approximate surface area is 130 Å². The number of carboxylic acids is 1. The number of carbonyl (C=O) groups is 2. The van der Waals surface area contributed by atoms with Crippen molar-refractivity contribution in [3.8, 4) is 0 Å². The van der Waals surface area contributed by atoms with Gasteiger partial charge in [-0.25, -0.2) is 9.50 Å². The highest BCUT2D eigenvalue weighted by Gasteiger charge is 2.31. The van der Waals surface area contributed by atoms with Crippen LogP contribution in [0.15, 0.2) is 12.3 Å². The van der Waals surface area contributed by atoms with E-state index < -0.39 is 5.97 Å². The molecule has 22 heavy (non-hydrogen) atoms. The van der Waals surface area contributed by atoms with Crippen molar-refractivity contribution < 1.29 is 14.7 Å². The van der Waals surface area contributed by atoms with Crippen LogP contribution in [0.5, 0.6) is 0 Å². The lowest BCUT2D eigenvalue weighted by Crippen LogP contribution is -2.47. The van der Waals surface area contributed by atoms with Crippen LogP contribution in [-0.2, 0) is 4.79 Å². The van der Waals surface area contributed by atoms with Crippen LogP contribution in [0.1, 0.15) is 22.7 Å². The smallest absolute Gasteiger partial charge is 0.305 e. The summed E-state index contributed by atoms with van der Waals surface area (Å²) < 4.78 is 1.51. The molecule has 1 atom stereocenters. The molecule has 1 N–H and O–H groups in total. The minimum Gasteiger partial charge on any atom is -0.481 e. The fourth-order valence-corrected chi connectivity index (χ4v) is 3.48. The monoisotopic (exact) mass is 321 g/mol. The Hall–Kier alpha value is -2.16. The first kappa shape index (κ1) is 14.8. The molecule has 1 amide bonds. The van der Waals surface area contributed by atoms with E-state index in [0.717, 1.165) is 11.4 Å². The highest BCUT2D eigenvalue weighted by Crippen LogP contribution is 2.20. The largest absolute Gasteiger partial charge is 0.481 e. The molecule has 0 bridgehead atoms. The lowest BCUT2D eigenvalue weighted by atomic mass is 10.2. The van der Waals surface area contributed by atoms with Gasteiger partial charge in [-0.15, -0.1) is 5.10 Å². The van der Waals surface area contributed by atoms with Crippen LogP contribution in [0.3, 0.4) is 0 Å². The Bertz CT molecular complexity index is 732. The second-order valence-corrected chi connectivity index (χ2v) is 6.21. The highest BCUT2D eigenvalue weighted by atomic mass is 32.2. The molecule has 0 spiro atoms. The van der Waals surface area contributed by atoms with Crippen molar-refractivity contribution in [2.24, 2.45) is 0 Å². The number of aliphatic carboxylic acids is 1. The number of nitrogens with zero attached hydrogens (tertiary/aromatic N) is 5. The van der Waals surface area contributed by atoms with Gasteiger partial charge in [-0.1, -0.05) is 0 Å². The molecule has 0 aliphatic carbocycles. The van der Waals surface area contributed by atoms with Crippen molar-refractivity contribution in [2.45, 2.75) is 19.4 Å². The van der Waals surface area contributed by atoms with Crippen molar-refractivity contribution in [3.05, 3.63) is 23.8 Å². The third-order valence-electron chi connectivity index (χ3n) is 3.52. The van der Waals surface area contributed by atoms with Crippen molar-refractivity contribution in [1.82, 2.24) is 24.5 Å². The fourth-order valence-electron chi connectivity index (χ4n) is 2.42. The molecule has 2 aromatic heterocycles. The first-order chi connectivity index (χ1) is 10.6. The predicted octanol–water partition coefficient (Wildman–Crippen LogP) is 0.465. The summed E-state index contributed by atoms with van der Waals surface area (Å²) in [6, 6.07) is 1.45. The topological polar surface area (TPSA) is 101 Å². The maximum absolute atomic E-state index is 12.6. The Morgan fingerprint density at radius 1 is 1.50 bits per heavy atom. The van der Waals surface area contributed by atoms with Crippen molar-refractivity contribution in [2.75, 3.05) is 18.1 Å². The maximum atomic E-state index is 12.6. The number of hydrogen-bond acceptors (Lipinski definition) is 6. The second kappa shape index (κ2) is 5.91. The second-order valence-electron chi connectivity index (χ2n) is 5.06. The van der Waals surface area contributed by atoms with E-state index in [2.05, 4.69) is 15.1 Å². The van der Waals surface area contributed by atoms with E-state index in [0.29, 0.717) is 18.1 Å². The van der Waals surface area contributed by atoms with Crippen LogP contribution in [-0.4, -0.2) is 65.6 Å². The molecule has 1 aliphatic heterocycles. The number of rotatable bonds is 3. The van der Waals surface area contributed by atoms with Crippen LogP contribution < -0.4 is 0 Å². The Morgan fingerprint density at radius 3 is 3.05 bits per heavy atom. The average molecular weight is 321 g/mol. The summed E-state index contributed by atoms with van der Waals surface area (Å²) in [5.41, 5.74) is 0.827. The zero-order chi connectivity index (χ0) is 15.7. The van der Waals surface area contributed by atoms with E-state index in [-0.39, 0.29) is 24.2 Å². The van der Waals surface area contributed by atoms with Gasteiger partial charge in [0, 0.05) is 29.9 Å². The van der Waals surface area contributed by atoms with E-state index in [4.69, 9.17) is 5.11 Å². The summed E-state index contributed by atoms with van der Waals surface area (Å²) in [4.78, 5) is 33.4. The summed E-state index contributed by atoms with van der Waals surface area (Å²) in [6.07, 6.45) is 1.54.